The van der Waals surface area contributed by atoms with Gasteiger partial charge in [0.25, 0.3) is 0 Å². The fourth-order valence-electron chi connectivity index (χ4n) is 1.84. The number of carboxylic acids is 1. The lowest BCUT2D eigenvalue weighted by atomic mass is 10.0. The number of carboxylic acid groups (broad SMARTS) is 1. The highest BCUT2D eigenvalue weighted by molar-refractivity contribution is 5.95. The van der Waals surface area contributed by atoms with Crippen molar-refractivity contribution in [3.63, 3.8) is 0 Å². The summed E-state index contributed by atoms with van der Waals surface area (Å²) in [6.07, 6.45) is 4.15. The lowest BCUT2D eigenvalue weighted by Gasteiger charge is -2.14. The number of hydrogen-bond donors (Lipinski definition) is 4. The van der Waals surface area contributed by atoms with E-state index < -0.39 is 12.0 Å². The van der Waals surface area contributed by atoms with Crippen LogP contribution in [0, 0.1) is 5.92 Å². The number of amides is 3. The van der Waals surface area contributed by atoms with Crippen LogP contribution in [0.15, 0.2) is 0 Å². The average Bonchev–Trinajstić information content (AvgIpc) is 3.19. The highest BCUT2D eigenvalue weighted by atomic mass is 16.4. The van der Waals surface area contributed by atoms with Crippen molar-refractivity contribution < 1.29 is 19.5 Å². The van der Waals surface area contributed by atoms with Gasteiger partial charge in [-0.1, -0.05) is 13.3 Å². The van der Waals surface area contributed by atoms with E-state index in [4.69, 9.17) is 5.11 Å². The second kappa shape index (κ2) is 8.61. The van der Waals surface area contributed by atoms with Crippen LogP contribution < -0.4 is 16.0 Å². The zero-order chi connectivity index (χ0) is 15.8. The zero-order valence-corrected chi connectivity index (χ0v) is 12.6. The molecule has 0 aromatic rings. The molecular formula is C14H25N3O4. The molecule has 7 nitrogen and oxygen atoms in total. The molecule has 4 N–H and O–H groups in total. The molecule has 0 heterocycles. The minimum atomic E-state index is -0.781. The third kappa shape index (κ3) is 8.29. The summed E-state index contributed by atoms with van der Waals surface area (Å²) in [5.74, 6) is -1.48. The van der Waals surface area contributed by atoms with Crippen molar-refractivity contribution in [1.29, 1.82) is 0 Å². The van der Waals surface area contributed by atoms with Gasteiger partial charge in [0.15, 0.2) is 0 Å². The zero-order valence-electron chi connectivity index (χ0n) is 12.6. The van der Waals surface area contributed by atoms with Crippen molar-refractivity contribution in [2.45, 2.75) is 58.0 Å². The number of imide groups is 1. The van der Waals surface area contributed by atoms with Gasteiger partial charge in [0, 0.05) is 12.1 Å². The lowest BCUT2D eigenvalue weighted by molar-refractivity contribution is -0.141. The predicted molar refractivity (Wildman–Crippen MR) is 77.8 cm³/mol. The maximum atomic E-state index is 11.5. The first-order valence-corrected chi connectivity index (χ1v) is 7.45. The summed E-state index contributed by atoms with van der Waals surface area (Å²) in [6, 6.07) is -0.114. The van der Waals surface area contributed by atoms with E-state index in [9.17, 15) is 14.4 Å². The number of carbonyl (C=O) groups excluding carboxylic acids is 2. The molecule has 21 heavy (non-hydrogen) atoms. The Balaban J connectivity index is 2.05. The first-order valence-electron chi connectivity index (χ1n) is 7.45. The maximum absolute atomic E-state index is 11.5. The standard InChI is InChI=1S/C14H25N3O4/c1-9(13(19)20)4-3-5-10(2)15-8-12(18)17-14(21)16-11-6-7-11/h9-11,15H,3-8H2,1-2H3,(H,19,20)(H2,16,17,18,21). The second-order valence-electron chi connectivity index (χ2n) is 5.75. The Morgan fingerprint density at radius 2 is 1.86 bits per heavy atom. The van der Waals surface area contributed by atoms with Crippen LogP contribution in [0.25, 0.3) is 0 Å². The van der Waals surface area contributed by atoms with E-state index in [1.807, 2.05) is 6.92 Å². The number of nitrogens with one attached hydrogen (secondary N) is 3. The largest absolute Gasteiger partial charge is 0.481 e. The SMILES string of the molecule is CC(CCCC(C)C(=O)O)NCC(=O)NC(=O)NC1CC1. The third-order valence-electron chi connectivity index (χ3n) is 3.47. The summed E-state index contributed by atoms with van der Waals surface area (Å²) >= 11 is 0. The van der Waals surface area contributed by atoms with E-state index in [-0.39, 0.29) is 30.5 Å². The topological polar surface area (TPSA) is 108 Å². The van der Waals surface area contributed by atoms with Gasteiger partial charge < -0.3 is 15.7 Å². The summed E-state index contributed by atoms with van der Waals surface area (Å²) in [5, 5.41) is 16.7. The molecule has 0 aliphatic heterocycles. The minimum absolute atomic E-state index is 0.0771. The molecule has 2 unspecified atom stereocenters. The first kappa shape index (κ1) is 17.4. The van der Waals surface area contributed by atoms with Crippen LogP contribution in [0.1, 0.15) is 46.0 Å². The molecule has 1 aliphatic carbocycles. The van der Waals surface area contributed by atoms with Crippen LogP contribution in [0.3, 0.4) is 0 Å². The third-order valence-corrected chi connectivity index (χ3v) is 3.47. The van der Waals surface area contributed by atoms with Crippen molar-refractivity contribution in [1.82, 2.24) is 16.0 Å². The van der Waals surface area contributed by atoms with Crippen LogP contribution in [-0.2, 0) is 9.59 Å². The summed E-state index contributed by atoms with van der Waals surface area (Å²) in [7, 11) is 0. The molecule has 1 fully saturated rings. The molecule has 2 atom stereocenters. The summed E-state index contributed by atoms with van der Waals surface area (Å²) < 4.78 is 0. The molecular weight excluding hydrogens is 274 g/mol. The molecule has 3 amide bonds. The Hall–Kier alpha value is -1.63. The fraction of sp³-hybridized carbons (Fsp3) is 0.786. The number of urea groups is 1. The fourth-order valence-corrected chi connectivity index (χ4v) is 1.84. The molecule has 1 aliphatic rings. The normalized spacial score (nSPS) is 16.9. The molecule has 0 spiro atoms. The number of rotatable bonds is 9. The molecule has 7 heteroatoms. The summed E-state index contributed by atoms with van der Waals surface area (Å²) in [4.78, 5) is 33.5. The van der Waals surface area contributed by atoms with Crippen LogP contribution in [0.2, 0.25) is 0 Å². The molecule has 0 aromatic heterocycles. The van der Waals surface area contributed by atoms with E-state index in [2.05, 4.69) is 16.0 Å². The molecule has 0 saturated heterocycles. The van der Waals surface area contributed by atoms with Gasteiger partial charge in [0.05, 0.1) is 12.5 Å². The number of aliphatic carboxylic acids is 1. The average molecular weight is 299 g/mol. The molecule has 1 rings (SSSR count). The second-order valence-corrected chi connectivity index (χ2v) is 5.75. The van der Waals surface area contributed by atoms with Crippen molar-refractivity contribution in [2.75, 3.05) is 6.54 Å². The van der Waals surface area contributed by atoms with E-state index in [0.29, 0.717) is 6.42 Å². The Kier molecular flexibility index (Phi) is 7.14. The molecule has 0 radical (unpaired) electrons. The van der Waals surface area contributed by atoms with Gasteiger partial charge in [-0.05, 0) is 32.6 Å². The van der Waals surface area contributed by atoms with Crippen LogP contribution in [-0.4, -0.2) is 41.6 Å². The molecule has 1 saturated carbocycles. The molecule has 0 aromatic carbocycles. The molecule has 0 bridgehead atoms. The van der Waals surface area contributed by atoms with E-state index in [1.165, 1.54) is 0 Å². The highest BCUT2D eigenvalue weighted by Crippen LogP contribution is 2.18. The smallest absolute Gasteiger partial charge is 0.321 e. The maximum Gasteiger partial charge on any atom is 0.321 e. The van der Waals surface area contributed by atoms with E-state index >= 15 is 0 Å². The van der Waals surface area contributed by atoms with Gasteiger partial charge >= 0.3 is 12.0 Å². The van der Waals surface area contributed by atoms with E-state index in [0.717, 1.165) is 25.7 Å². The minimum Gasteiger partial charge on any atom is -0.481 e. The lowest BCUT2D eigenvalue weighted by Crippen LogP contribution is -2.45. The van der Waals surface area contributed by atoms with Crippen molar-refractivity contribution >= 4 is 17.9 Å². The van der Waals surface area contributed by atoms with Gasteiger partial charge in [-0.3, -0.25) is 14.9 Å². The van der Waals surface area contributed by atoms with Crippen molar-refractivity contribution in [3.05, 3.63) is 0 Å². The summed E-state index contributed by atoms with van der Waals surface area (Å²) in [6.45, 7) is 3.70. The predicted octanol–water partition coefficient (Wildman–Crippen LogP) is 0.844. The van der Waals surface area contributed by atoms with Crippen LogP contribution in [0.4, 0.5) is 4.79 Å². The van der Waals surface area contributed by atoms with Crippen LogP contribution in [0.5, 0.6) is 0 Å². The van der Waals surface area contributed by atoms with E-state index in [1.54, 1.807) is 6.92 Å². The Labute approximate surface area is 124 Å². The van der Waals surface area contributed by atoms with Gasteiger partial charge in [0.1, 0.15) is 0 Å². The van der Waals surface area contributed by atoms with Crippen molar-refractivity contribution in [2.24, 2.45) is 5.92 Å². The monoisotopic (exact) mass is 299 g/mol. The van der Waals surface area contributed by atoms with Gasteiger partial charge in [-0.2, -0.15) is 0 Å². The summed E-state index contributed by atoms with van der Waals surface area (Å²) in [5.41, 5.74) is 0. The number of carbonyl (C=O) groups is 3. The Morgan fingerprint density at radius 1 is 1.19 bits per heavy atom. The Morgan fingerprint density at radius 3 is 2.43 bits per heavy atom. The van der Waals surface area contributed by atoms with Gasteiger partial charge in [0.2, 0.25) is 5.91 Å². The molecule has 120 valence electrons. The highest BCUT2D eigenvalue weighted by Gasteiger charge is 2.23. The first-order chi connectivity index (χ1) is 9.88. The van der Waals surface area contributed by atoms with Gasteiger partial charge in [-0.15, -0.1) is 0 Å². The number of hydrogen-bond acceptors (Lipinski definition) is 4. The van der Waals surface area contributed by atoms with Crippen LogP contribution >= 0.6 is 0 Å². The Bertz CT molecular complexity index is 382. The van der Waals surface area contributed by atoms with Gasteiger partial charge in [-0.25, -0.2) is 4.79 Å². The van der Waals surface area contributed by atoms with Crippen molar-refractivity contribution in [3.8, 4) is 0 Å². The quantitative estimate of drug-likeness (QED) is 0.505.